The van der Waals surface area contributed by atoms with E-state index in [9.17, 15) is 0 Å². The van der Waals surface area contributed by atoms with Gasteiger partial charge in [0.15, 0.2) is 0 Å². The molecular formula is C14H27. The van der Waals surface area contributed by atoms with Crippen molar-refractivity contribution in [3.63, 3.8) is 0 Å². The quantitative estimate of drug-likeness (QED) is 0.524. The van der Waals surface area contributed by atoms with Crippen LogP contribution in [0.15, 0.2) is 0 Å². The summed E-state index contributed by atoms with van der Waals surface area (Å²) >= 11 is 0. The molecule has 0 amide bonds. The molecule has 1 aliphatic rings. The number of hydrogen-bond donors (Lipinski definition) is 0. The van der Waals surface area contributed by atoms with Gasteiger partial charge < -0.3 is 0 Å². The molecule has 0 N–H and O–H groups in total. The predicted octanol–water partition coefficient (Wildman–Crippen LogP) is 4.99. The zero-order valence-electron chi connectivity index (χ0n) is 10.1. The van der Waals surface area contributed by atoms with Crippen molar-refractivity contribution in [1.29, 1.82) is 0 Å². The third-order valence-corrected chi connectivity index (χ3v) is 3.66. The van der Waals surface area contributed by atoms with E-state index >= 15 is 0 Å². The molecule has 0 aromatic rings. The van der Waals surface area contributed by atoms with Gasteiger partial charge in [0.2, 0.25) is 0 Å². The first kappa shape index (κ1) is 12.1. The Morgan fingerprint density at radius 3 is 2.43 bits per heavy atom. The van der Waals surface area contributed by atoms with Crippen molar-refractivity contribution in [1.82, 2.24) is 0 Å². The molecule has 1 saturated carbocycles. The molecule has 0 bridgehead atoms. The van der Waals surface area contributed by atoms with Crippen LogP contribution in [0.1, 0.15) is 71.6 Å². The highest BCUT2D eigenvalue weighted by molar-refractivity contribution is 4.75. The molecular weight excluding hydrogens is 168 g/mol. The van der Waals surface area contributed by atoms with Gasteiger partial charge in [-0.1, -0.05) is 58.8 Å². The highest BCUT2D eigenvalue weighted by Gasteiger charge is 2.20. The van der Waals surface area contributed by atoms with Crippen molar-refractivity contribution >= 4 is 0 Å². The summed E-state index contributed by atoms with van der Waals surface area (Å²) in [6.45, 7) is 4.58. The zero-order chi connectivity index (χ0) is 10.2. The fourth-order valence-corrected chi connectivity index (χ4v) is 2.89. The topological polar surface area (TPSA) is 0 Å². The van der Waals surface area contributed by atoms with E-state index in [-0.39, 0.29) is 0 Å². The molecule has 0 heteroatoms. The zero-order valence-corrected chi connectivity index (χ0v) is 10.1. The Labute approximate surface area is 90.5 Å². The Balaban J connectivity index is 2.12. The highest BCUT2D eigenvalue weighted by atomic mass is 14.3. The van der Waals surface area contributed by atoms with Crippen LogP contribution in [0.5, 0.6) is 0 Å². The van der Waals surface area contributed by atoms with Crippen LogP contribution in [0.2, 0.25) is 0 Å². The highest BCUT2D eigenvalue weighted by Crippen LogP contribution is 2.34. The molecule has 2 unspecified atom stereocenters. The van der Waals surface area contributed by atoms with E-state index < -0.39 is 0 Å². The molecule has 1 aliphatic carbocycles. The molecule has 1 fully saturated rings. The van der Waals surface area contributed by atoms with Gasteiger partial charge in [0.05, 0.1) is 0 Å². The van der Waals surface area contributed by atoms with Crippen LogP contribution in [0, 0.1) is 18.3 Å². The Morgan fingerprint density at radius 1 is 1.07 bits per heavy atom. The van der Waals surface area contributed by atoms with E-state index in [1.807, 2.05) is 0 Å². The van der Waals surface area contributed by atoms with Gasteiger partial charge in [-0.25, -0.2) is 0 Å². The molecule has 0 aliphatic heterocycles. The maximum absolute atomic E-state index is 2.45. The summed E-state index contributed by atoms with van der Waals surface area (Å²) in [5.74, 6) is 2.13. The van der Waals surface area contributed by atoms with Crippen LogP contribution in [-0.4, -0.2) is 0 Å². The molecule has 0 heterocycles. The summed E-state index contributed by atoms with van der Waals surface area (Å²) in [5.41, 5.74) is 0. The van der Waals surface area contributed by atoms with Gasteiger partial charge in [0, 0.05) is 0 Å². The Bertz CT molecular complexity index is 126. The number of unbranched alkanes of at least 4 members (excludes halogenated alkanes) is 2. The van der Waals surface area contributed by atoms with E-state index in [0.29, 0.717) is 0 Å². The van der Waals surface area contributed by atoms with Gasteiger partial charge in [-0.15, -0.1) is 0 Å². The maximum atomic E-state index is 2.45. The summed E-state index contributed by atoms with van der Waals surface area (Å²) in [6, 6.07) is 0. The molecule has 0 spiro atoms. The molecule has 0 aromatic carbocycles. The molecule has 0 aromatic heterocycles. The van der Waals surface area contributed by atoms with Crippen LogP contribution in [0.3, 0.4) is 0 Å². The maximum Gasteiger partial charge on any atom is -0.0388 e. The normalized spacial score (nSPS) is 27.9. The van der Waals surface area contributed by atoms with Crippen LogP contribution in [-0.2, 0) is 0 Å². The summed E-state index contributed by atoms with van der Waals surface area (Å²) in [6.07, 6.45) is 15.5. The minimum atomic E-state index is 1.06. The number of rotatable bonds is 6. The monoisotopic (exact) mass is 195 g/mol. The van der Waals surface area contributed by atoms with E-state index in [1.54, 1.807) is 0 Å². The summed E-state index contributed by atoms with van der Waals surface area (Å²) in [7, 11) is 0. The van der Waals surface area contributed by atoms with Gasteiger partial charge in [0.25, 0.3) is 0 Å². The lowest BCUT2D eigenvalue weighted by Crippen LogP contribution is -2.15. The van der Waals surface area contributed by atoms with Gasteiger partial charge in [-0.2, -0.15) is 0 Å². The standard InChI is InChI=1S/C14H27/c1-3-5-6-9-14-11-7-10-13(12-14)8-4-2/h5,13-14H,3-4,6-12H2,1-2H3. The minimum Gasteiger partial charge on any atom is -0.0654 e. The molecule has 0 nitrogen and oxygen atoms in total. The van der Waals surface area contributed by atoms with Crippen LogP contribution in [0.25, 0.3) is 0 Å². The summed E-state index contributed by atoms with van der Waals surface area (Å²) in [5, 5.41) is 0. The van der Waals surface area contributed by atoms with Crippen LogP contribution < -0.4 is 0 Å². The Hall–Kier alpha value is 0. The van der Waals surface area contributed by atoms with Gasteiger partial charge >= 0.3 is 0 Å². The predicted molar refractivity (Wildman–Crippen MR) is 64.2 cm³/mol. The van der Waals surface area contributed by atoms with Gasteiger partial charge in [0.1, 0.15) is 0 Å². The molecule has 1 radical (unpaired) electrons. The SMILES string of the molecule is CC[CH]CCC1CCCC(CCC)C1. The van der Waals surface area contributed by atoms with E-state index in [2.05, 4.69) is 20.3 Å². The largest absolute Gasteiger partial charge is 0.0654 e. The van der Waals surface area contributed by atoms with Crippen molar-refractivity contribution in [2.75, 3.05) is 0 Å². The Kier molecular flexibility index (Phi) is 6.31. The van der Waals surface area contributed by atoms with Crippen molar-refractivity contribution in [3.05, 3.63) is 6.42 Å². The lowest BCUT2D eigenvalue weighted by atomic mass is 9.77. The molecule has 1 rings (SSSR count). The average Bonchev–Trinajstić information content (AvgIpc) is 2.19. The molecule has 0 saturated heterocycles. The van der Waals surface area contributed by atoms with Gasteiger partial charge in [-0.3, -0.25) is 0 Å². The first-order valence-electron chi connectivity index (χ1n) is 6.68. The lowest BCUT2D eigenvalue weighted by Gasteiger charge is -2.29. The third-order valence-electron chi connectivity index (χ3n) is 3.66. The first-order valence-corrected chi connectivity index (χ1v) is 6.68. The summed E-state index contributed by atoms with van der Waals surface area (Å²) in [4.78, 5) is 0. The van der Waals surface area contributed by atoms with E-state index in [4.69, 9.17) is 0 Å². The second kappa shape index (κ2) is 7.31. The Morgan fingerprint density at radius 2 is 1.79 bits per heavy atom. The van der Waals surface area contributed by atoms with Crippen molar-refractivity contribution in [3.8, 4) is 0 Å². The van der Waals surface area contributed by atoms with E-state index in [1.165, 1.54) is 57.8 Å². The second-order valence-electron chi connectivity index (χ2n) is 4.96. The average molecular weight is 195 g/mol. The lowest BCUT2D eigenvalue weighted by molar-refractivity contribution is 0.242. The number of hydrogen-bond acceptors (Lipinski definition) is 0. The van der Waals surface area contributed by atoms with Crippen molar-refractivity contribution in [2.24, 2.45) is 11.8 Å². The van der Waals surface area contributed by atoms with Crippen LogP contribution in [0.4, 0.5) is 0 Å². The molecule has 14 heavy (non-hydrogen) atoms. The van der Waals surface area contributed by atoms with Crippen molar-refractivity contribution in [2.45, 2.75) is 71.6 Å². The third kappa shape index (κ3) is 4.48. The van der Waals surface area contributed by atoms with E-state index in [0.717, 1.165) is 11.8 Å². The smallest absolute Gasteiger partial charge is 0.0388 e. The van der Waals surface area contributed by atoms with Crippen molar-refractivity contribution < 1.29 is 0 Å². The minimum absolute atomic E-state index is 1.06. The first-order chi connectivity index (χ1) is 6.86. The van der Waals surface area contributed by atoms with Crippen LogP contribution >= 0.6 is 0 Å². The second-order valence-corrected chi connectivity index (χ2v) is 4.96. The fraction of sp³-hybridized carbons (Fsp3) is 0.929. The van der Waals surface area contributed by atoms with Gasteiger partial charge in [-0.05, 0) is 31.1 Å². The molecule has 83 valence electrons. The fourth-order valence-electron chi connectivity index (χ4n) is 2.89. The molecule has 2 atom stereocenters. The summed E-state index contributed by atoms with van der Waals surface area (Å²) < 4.78 is 0.